The lowest BCUT2D eigenvalue weighted by Crippen LogP contribution is -2.41. The maximum absolute atomic E-state index is 11.3. The van der Waals surface area contributed by atoms with E-state index in [2.05, 4.69) is 5.16 Å². The quantitative estimate of drug-likeness (QED) is 0.717. The van der Waals surface area contributed by atoms with Gasteiger partial charge in [0.2, 0.25) is 0 Å². The predicted octanol–water partition coefficient (Wildman–Crippen LogP) is 5.18. The number of likely N-dealkylation sites (tertiary alicyclic amines) is 1. The number of amides is 1. The van der Waals surface area contributed by atoms with E-state index in [9.17, 15) is 9.90 Å². The molecule has 1 aromatic heterocycles. The van der Waals surface area contributed by atoms with Crippen LogP contribution < -0.4 is 0 Å². The molecule has 2 aliphatic carbocycles. The van der Waals surface area contributed by atoms with Crippen molar-refractivity contribution in [3.63, 3.8) is 0 Å². The van der Waals surface area contributed by atoms with Gasteiger partial charge in [0.15, 0.2) is 0 Å². The third-order valence-corrected chi connectivity index (χ3v) is 6.76. The number of fused-ring (bicyclic) bond motifs is 2. The van der Waals surface area contributed by atoms with E-state index >= 15 is 0 Å². The van der Waals surface area contributed by atoms with Crippen molar-refractivity contribution in [1.29, 1.82) is 0 Å². The van der Waals surface area contributed by atoms with Crippen molar-refractivity contribution in [3.05, 3.63) is 39.6 Å². The van der Waals surface area contributed by atoms with Gasteiger partial charge in [-0.2, -0.15) is 0 Å². The van der Waals surface area contributed by atoms with Crippen LogP contribution in [0.3, 0.4) is 0 Å². The topological polar surface area (TPSA) is 75.8 Å². The standard InChI is InChI=1S/C20H20Cl2N2O4/c21-14-2-1-3-15(22)17(14)18-13(19(28-23-18)10-4-5-10)9-27-16-7-12-6-11(16)8-24(12)20(25)26/h1-3,10-12,16H,4-9H2,(H,25,26)/t11-,12-,16-/m1/s1. The Labute approximate surface area is 172 Å². The number of hydrogen-bond acceptors (Lipinski definition) is 4. The minimum absolute atomic E-state index is 0.0529. The van der Waals surface area contributed by atoms with E-state index in [1.165, 1.54) is 4.90 Å². The Balaban J connectivity index is 1.38. The molecule has 0 unspecified atom stereocenters. The number of aromatic nitrogens is 1. The zero-order chi connectivity index (χ0) is 19.4. The molecular weight excluding hydrogens is 403 g/mol. The molecule has 3 aliphatic rings. The zero-order valence-corrected chi connectivity index (χ0v) is 16.6. The Hall–Kier alpha value is -1.76. The Morgan fingerprint density at radius 3 is 2.64 bits per heavy atom. The summed E-state index contributed by atoms with van der Waals surface area (Å²) < 4.78 is 11.9. The van der Waals surface area contributed by atoms with Crippen molar-refractivity contribution >= 4 is 29.3 Å². The largest absolute Gasteiger partial charge is 0.465 e. The summed E-state index contributed by atoms with van der Waals surface area (Å²) in [6, 6.07) is 5.44. The summed E-state index contributed by atoms with van der Waals surface area (Å²) in [5.41, 5.74) is 2.23. The highest BCUT2D eigenvalue weighted by atomic mass is 35.5. The van der Waals surface area contributed by atoms with Crippen molar-refractivity contribution in [3.8, 4) is 11.3 Å². The van der Waals surface area contributed by atoms with Gasteiger partial charge in [-0.1, -0.05) is 34.4 Å². The van der Waals surface area contributed by atoms with E-state index in [1.54, 1.807) is 18.2 Å². The van der Waals surface area contributed by atoms with Crippen molar-refractivity contribution in [2.75, 3.05) is 6.54 Å². The van der Waals surface area contributed by atoms with Crippen LogP contribution in [0.15, 0.2) is 22.7 Å². The minimum Gasteiger partial charge on any atom is -0.465 e. The first-order valence-electron chi connectivity index (χ1n) is 9.57. The highest BCUT2D eigenvalue weighted by Gasteiger charge is 2.47. The van der Waals surface area contributed by atoms with E-state index in [4.69, 9.17) is 32.5 Å². The molecule has 3 atom stereocenters. The lowest BCUT2D eigenvalue weighted by molar-refractivity contribution is -0.00788. The average molecular weight is 423 g/mol. The van der Waals surface area contributed by atoms with Gasteiger partial charge in [0, 0.05) is 35.5 Å². The molecule has 1 aliphatic heterocycles. The Morgan fingerprint density at radius 1 is 1.29 bits per heavy atom. The van der Waals surface area contributed by atoms with E-state index in [0.717, 1.165) is 37.0 Å². The summed E-state index contributed by atoms with van der Waals surface area (Å²) in [6.07, 6.45) is 3.00. The van der Waals surface area contributed by atoms with Crippen LogP contribution in [0.2, 0.25) is 10.0 Å². The second kappa shape index (κ2) is 6.94. The summed E-state index contributed by atoms with van der Waals surface area (Å²) in [7, 11) is 0. The lowest BCUT2D eigenvalue weighted by atomic mass is 10.0. The third-order valence-electron chi connectivity index (χ3n) is 6.13. The fourth-order valence-corrected chi connectivity index (χ4v) is 5.16. The highest BCUT2D eigenvalue weighted by Crippen LogP contribution is 2.47. The van der Waals surface area contributed by atoms with Gasteiger partial charge in [-0.25, -0.2) is 4.79 Å². The molecule has 6 nitrogen and oxygen atoms in total. The van der Waals surface area contributed by atoms with Crippen LogP contribution in [0.25, 0.3) is 11.3 Å². The first-order chi connectivity index (χ1) is 13.5. The van der Waals surface area contributed by atoms with E-state index < -0.39 is 6.09 Å². The fourth-order valence-electron chi connectivity index (χ4n) is 4.58. The van der Waals surface area contributed by atoms with Crippen molar-refractivity contribution in [2.45, 2.75) is 50.4 Å². The molecule has 5 rings (SSSR count). The van der Waals surface area contributed by atoms with E-state index in [1.807, 2.05) is 0 Å². The van der Waals surface area contributed by atoms with Gasteiger partial charge in [0.05, 0.1) is 22.8 Å². The van der Waals surface area contributed by atoms with Gasteiger partial charge in [-0.15, -0.1) is 0 Å². The van der Waals surface area contributed by atoms with Crippen molar-refractivity contribution in [2.24, 2.45) is 5.92 Å². The molecule has 0 radical (unpaired) electrons. The second-order valence-electron chi connectivity index (χ2n) is 7.91. The monoisotopic (exact) mass is 422 g/mol. The molecule has 28 heavy (non-hydrogen) atoms. The van der Waals surface area contributed by atoms with Crippen molar-refractivity contribution in [1.82, 2.24) is 10.1 Å². The van der Waals surface area contributed by atoms with Gasteiger partial charge in [-0.3, -0.25) is 0 Å². The number of hydrogen-bond donors (Lipinski definition) is 1. The number of nitrogens with zero attached hydrogens (tertiary/aromatic N) is 2. The summed E-state index contributed by atoms with van der Waals surface area (Å²) in [5.74, 6) is 1.49. The van der Waals surface area contributed by atoms with Crippen LogP contribution in [0.1, 0.15) is 42.9 Å². The molecule has 3 fully saturated rings. The molecular formula is C20H20Cl2N2O4. The molecule has 1 N–H and O–H groups in total. The number of halogens is 2. The SMILES string of the molecule is O=C(O)N1C[C@H]2C[C@@H]1C[C@H]2OCc1c(-c2c(Cl)cccc2Cl)noc1C1CC1. The molecule has 2 aromatic rings. The van der Waals surface area contributed by atoms with Gasteiger partial charge >= 0.3 is 6.09 Å². The molecule has 2 bridgehead atoms. The van der Waals surface area contributed by atoms with E-state index in [-0.39, 0.29) is 18.1 Å². The molecule has 2 heterocycles. The number of benzene rings is 1. The summed E-state index contributed by atoms with van der Waals surface area (Å²) in [6.45, 7) is 0.917. The van der Waals surface area contributed by atoms with Crippen LogP contribution in [0.5, 0.6) is 0 Å². The maximum atomic E-state index is 11.3. The fraction of sp³-hybridized carbons (Fsp3) is 0.500. The Kier molecular flexibility index (Phi) is 4.53. The van der Waals surface area contributed by atoms with E-state index in [0.29, 0.717) is 40.4 Å². The van der Waals surface area contributed by atoms with Crippen LogP contribution in [-0.4, -0.2) is 39.9 Å². The summed E-state index contributed by atoms with van der Waals surface area (Å²) in [5, 5.41) is 14.6. The number of carbonyl (C=O) groups is 1. The minimum atomic E-state index is -0.836. The smallest absolute Gasteiger partial charge is 0.407 e. The zero-order valence-electron chi connectivity index (χ0n) is 15.1. The van der Waals surface area contributed by atoms with Gasteiger partial charge in [0.1, 0.15) is 11.5 Å². The molecule has 148 valence electrons. The summed E-state index contributed by atoms with van der Waals surface area (Å²) >= 11 is 12.8. The average Bonchev–Trinajstić information content (AvgIpc) is 3.11. The van der Waals surface area contributed by atoms with Crippen molar-refractivity contribution < 1.29 is 19.2 Å². The molecule has 1 saturated heterocycles. The van der Waals surface area contributed by atoms with Gasteiger partial charge in [-0.05, 0) is 37.8 Å². The Bertz CT molecular complexity index is 907. The maximum Gasteiger partial charge on any atom is 0.407 e. The van der Waals surface area contributed by atoms with Crippen LogP contribution in [0, 0.1) is 5.92 Å². The molecule has 1 aromatic carbocycles. The third kappa shape index (κ3) is 3.08. The van der Waals surface area contributed by atoms with Crippen LogP contribution >= 0.6 is 23.2 Å². The predicted molar refractivity (Wildman–Crippen MR) is 104 cm³/mol. The van der Waals surface area contributed by atoms with Gasteiger partial charge < -0.3 is 19.3 Å². The number of rotatable bonds is 5. The normalized spacial score (nSPS) is 26.2. The Morgan fingerprint density at radius 2 is 2.04 bits per heavy atom. The molecule has 8 heteroatoms. The number of ether oxygens (including phenoxy) is 1. The highest BCUT2D eigenvalue weighted by molar-refractivity contribution is 6.39. The number of piperidine rings is 1. The van der Waals surface area contributed by atoms with Gasteiger partial charge in [0.25, 0.3) is 0 Å². The first-order valence-corrected chi connectivity index (χ1v) is 10.3. The second-order valence-corrected chi connectivity index (χ2v) is 8.73. The molecule has 1 amide bonds. The molecule has 2 saturated carbocycles. The number of carboxylic acid groups (broad SMARTS) is 1. The molecule has 0 spiro atoms. The summed E-state index contributed by atoms with van der Waals surface area (Å²) in [4.78, 5) is 12.8. The lowest BCUT2D eigenvalue weighted by Gasteiger charge is -2.29. The van der Waals surface area contributed by atoms with Crippen LogP contribution in [-0.2, 0) is 11.3 Å². The first kappa shape index (κ1) is 18.3. The van der Waals surface area contributed by atoms with Crippen LogP contribution in [0.4, 0.5) is 4.79 Å².